The Balaban J connectivity index is 1.38. The largest absolute Gasteiger partial charge is 0.438 e. The summed E-state index contributed by atoms with van der Waals surface area (Å²) in [5, 5.41) is 0.850. The monoisotopic (exact) mass is 426 g/mol. The summed E-state index contributed by atoms with van der Waals surface area (Å²) in [7, 11) is 3.98. The summed E-state index contributed by atoms with van der Waals surface area (Å²) in [5.41, 5.74) is 4.92. The Bertz CT molecular complexity index is 1220. The Kier molecular flexibility index (Phi) is 6.40. The van der Waals surface area contributed by atoms with Crippen LogP contribution in [0.3, 0.4) is 0 Å². The van der Waals surface area contributed by atoms with E-state index in [4.69, 9.17) is 4.74 Å². The van der Waals surface area contributed by atoms with E-state index < -0.39 is 0 Å². The number of Topliss-reactive ketones (excluding diaryl/α,β-unsaturated/α-hetero) is 1. The molecule has 2 aromatic carbocycles. The minimum absolute atomic E-state index is 0.206. The Hall–Kier alpha value is -3.80. The third-order valence-electron chi connectivity index (χ3n) is 5.30. The first kappa shape index (κ1) is 21.4. The lowest BCUT2D eigenvalue weighted by molar-refractivity contribution is -0.118. The second-order valence-electron chi connectivity index (χ2n) is 8.04. The van der Waals surface area contributed by atoms with Crippen LogP contribution in [0.2, 0.25) is 0 Å². The number of fused-ring (bicyclic) bond motifs is 1. The number of rotatable bonds is 8. The first-order valence-corrected chi connectivity index (χ1v) is 10.6. The first-order valence-electron chi connectivity index (χ1n) is 10.6. The number of nitrogens with zero attached hydrogens (tertiary/aromatic N) is 4. The number of anilines is 1. The summed E-state index contributed by atoms with van der Waals surface area (Å²) in [6.07, 6.45) is 4.97. The zero-order valence-corrected chi connectivity index (χ0v) is 18.6. The van der Waals surface area contributed by atoms with E-state index in [0.29, 0.717) is 30.9 Å². The first-order chi connectivity index (χ1) is 15.5. The fourth-order valence-electron chi connectivity index (χ4n) is 3.41. The van der Waals surface area contributed by atoms with Gasteiger partial charge in [0.25, 0.3) is 0 Å². The van der Waals surface area contributed by atoms with Gasteiger partial charge in [0.05, 0.1) is 10.9 Å². The molecule has 0 spiro atoms. The fraction of sp³-hybridized carbons (Fsp3) is 0.231. The van der Waals surface area contributed by atoms with Crippen LogP contribution in [0.1, 0.15) is 23.2 Å². The molecule has 0 saturated carbocycles. The lowest BCUT2D eigenvalue weighted by Gasteiger charge is -2.13. The van der Waals surface area contributed by atoms with Gasteiger partial charge >= 0.3 is 0 Å². The Morgan fingerprint density at radius 2 is 1.72 bits per heavy atom. The van der Waals surface area contributed by atoms with E-state index >= 15 is 0 Å². The molecule has 162 valence electrons. The van der Waals surface area contributed by atoms with Gasteiger partial charge in [-0.3, -0.25) is 9.78 Å². The van der Waals surface area contributed by atoms with Crippen molar-refractivity contribution in [2.24, 2.45) is 0 Å². The number of aryl methyl sites for hydroxylation is 2. The molecule has 0 aliphatic rings. The van der Waals surface area contributed by atoms with Gasteiger partial charge in [-0.1, -0.05) is 18.2 Å². The van der Waals surface area contributed by atoms with Gasteiger partial charge in [-0.15, -0.1) is 0 Å². The lowest BCUT2D eigenvalue weighted by atomic mass is 10.0. The van der Waals surface area contributed by atoms with Crippen LogP contribution >= 0.6 is 0 Å². The standard InChI is InChI=1S/C26H26N4O2/c1-18-4-5-20(16-27-18)6-10-22(31)14-19-7-11-23(12-8-19)32-26-24-13-9-21(30(2)3)15-25(24)28-17-29-26/h4-5,7-9,11-13,15-17H,6,10,14H2,1-3H3. The SMILES string of the molecule is Cc1ccc(CCC(=O)Cc2ccc(Oc3ncnc4cc(N(C)C)ccc34)cc2)cn1. The molecule has 0 atom stereocenters. The van der Waals surface area contributed by atoms with Crippen molar-refractivity contribution in [3.05, 3.63) is 83.9 Å². The molecular weight excluding hydrogens is 400 g/mol. The normalized spacial score (nSPS) is 10.8. The van der Waals surface area contributed by atoms with Crippen LogP contribution in [0.5, 0.6) is 11.6 Å². The number of aromatic nitrogens is 3. The van der Waals surface area contributed by atoms with Gasteiger partial charge in [0.15, 0.2) is 0 Å². The van der Waals surface area contributed by atoms with Crippen LogP contribution in [0.15, 0.2) is 67.1 Å². The number of ether oxygens (including phenoxy) is 1. The van der Waals surface area contributed by atoms with Crippen molar-refractivity contribution in [1.29, 1.82) is 0 Å². The van der Waals surface area contributed by atoms with Crippen LogP contribution in [0.25, 0.3) is 10.9 Å². The summed E-state index contributed by atoms with van der Waals surface area (Å²) in [5.74, 6) is 1.39. The molecule has 0 saturated heterocycles. The maximum Gasteiger partial charge on any atom is 0.230 e. The zero-order chi connectivity index (χ0) is 22.5. The molecule has 0 N–H and O–H groups in total. The summed E-state index contributed by atoms with van der Waals surface area (Å²) >= 11 is 0. The summed E-state index contributed by atoms with van der Waals surface area (Å²) in [4.78, 5) is 27.3. The summed E-state index contributed by atoms with van der Waals surface area (Å²) in [6.45, 7) is 1.95. The van der Waals surface area contributed by atoms with E-state index in [2.05, 4.69) is 15.0 Å². The Morgan fingerprint density at radius 3 is 2.44 bits per heavy atom. The maximum atomic E-state index is 12.4. The van der Waals surface area contributed by atoms with Crippen molar-refractivity contribution in [3.8, 4) is 11.6 Å². The smallest absolute Gasteiger partial charge is 0.230 e. The van der Waals surface area contributed by atoms with E-state index in [1.54, 1.807) is 0 Å². The summed E-state index contributed by atoms with van der Waals surface area (Å²) in [6, 6.07) is 17.6. The number of ketones is 1. The van der Waals surface area contributed by atoms with Gasteiger partial charge in [-0.25, -0.2) is 9.97 Å². The molecule has 0 amide bonds. The molecule has 0 aliphatic carbocycles. The number of hydrogen-bond acceptors (Lipinski definition) is 6. The third-order valence-corrected chi connectivity index (χ3v) is 5.30. The van der Waals surface area contributed by atoms with E-state index in [1.807, 2.05) is 86.7 Å². The minimum Gasteiger partial charge on any atom is -0.438 e. The van der Waals surface area contributed by atoms with E-state index in [1.165, 1.54) is 6.33 Å². The zero-order valence-electron chi connectivity index (χ0n) is 18.6. The number of hydrogen-bond donors (Lipinski definition) is 0. The molecule has 0 unspecified atom stereocenters. The average Bonchev–Trinajstić information content (AvgIpc) is 2.80. The van der Waals surface area contributed by atoms with Crippen molar-refractivity contribution < 1.29 is 9.53 Å². The molecule has 2 aromatic heterocycles. The Morgan fingerprint density at radius 1 is 0.938 bits per heavy atom. The molecule has 0 fully saturated rings. The fourth-order valence-corrected chi connectivity index (χ4v) is 3.41. The number of carbonyl (C=O) groups is 1. The van der Waals surface area contributed by atoms with Crippen molar-refractivity contribution in [3.63, 3.8) is 0 Å². The highest BCUT2D eigenvalue weighted by Crippen LogP contribution is 2.29. The van der Waals surface area contributed by atoms with Gasteiger partial charge in [-0.05, 0) is 60.9 Å². The highest BCUT2D eigenvalue weighted by atomic mass is 16.5. The van der Waals surface area contributed by atoms with Crippen LogP contribution in [-0.2, 0) is 17.6 Å². The topological polar surface area (TPSA) is 68.2 Å². The molecule has 2 heterocycles. The van der Waals surface area contributed by atoms with Crippen molar-refractivity contribution in [2.75, 3.05) is 19.0 Å². The molecule has 0 radical (unpaired) electrons. The third kappa shape index (κ3) is 5.27. The molecule has 32 heavy (non-hydrogen) atoms. The maximum absolute atomic E-state index is 12.4. The van der Waals surface area contributed by atoms with Gasteiger partial charge in [0.1, 0.15) is 17.9 Å². The second-order valence-corrected chi connectivity index (χ2v) is 8.04. The van der Waals surface area contributed by atoms with Crippen LogP contribution in [0, 0.1) is 6.92 Å². The molecular formula is C26H26N4O2. The highest BCUT2D eigenvalue weighted by molar-refractivity contribution is 5.86. The second kappa shape index (κ2) is 9.56. The Labute approximate surface area is 187 Å². The van der Waals surface area contributed by atoms with Gasteiger partial charge in [-0.2, -0.15) is 0 Å². The van der Waals surface area contributed by atoms with Crippen LogP contribution in [-0.4, -0.2) is 34.8 Å². The van der Waals surface area contributed by atoms with Gasteiger partial charge < -0.3 is 9.64 Å². The molecule has 0 aliphatic heterocycles. The van der Waals surface area contributed by atoms with Gasteiger partial charge in [0.2, 0.25) is 5.88 Å². The van der Waals surface area contributed by atoms with E-state index in [0.717, 1.165) is 33.4 Å². The highest BCUT2D eigenvalue weighted by Gasteiger charge is 2.09. The molecule has 4 aromatic rings. The quantitative estimate of drug-likeness (QED) is 0.398. The number of pyridine rings is 1. The van der Waals surface area contributed by atoms with Crippen LogP contribution < -0.4 is 9.64 Å². The van der Waals surface area contributed by atoms with Gasteiger partial charge in [0, 0.05) is 44.5 Å². The lowest BCUT2D eigenvalue weighted by Crippen LogP contribution is -2.08. The average molecular weight is 427 g/mol. The van der Waals surface area contributed by atoms with Crippen molar-refractivity contribution in [1.82, 2.24) is 15.0 Å². The van der Waals surface area contributed by atoms with Crippen LogP contribution in [0.4, 0.5) is 5.69 Å². The van der Waals surface area contributed by atoms with Crippen molar-refractivity contribution in [2.45, 2.75) is 26.2 Å². The molecule has 6 nitrogen and oxygen atoms in total. The number of benzene rings is 2. The minimum atomic E-state index is 0.206. The molecule has 0 bridgehead atoms. The van der Waals surface area contributed by atoms with Crippen molar-refractivity contribution >= 4 is 22.4 Å². The summed E-state index contributed by atoms with van der Waals surface area (Å²) < 4.78 is 6.01. The molecule has 4 rings (SSSR count). The predicted molar refractivity (Wildman–Crippen MR) is 126 cm³/mol. The predicted octanol–water partition coefficient (Wildman–Crippen LogP) is 4.94. The number of carbonyl (C=O) groups excluding carboxylic acids is 1. The van der Waals surface area contributed by atoms with E-state index in [9.17, 15) is 4.79 Å². The molecule has 6 heteroatoms. The van der Waals surface area contributed by atoms with E-state index in [-0.39, 0.29) is 5.78 Å².